The van der Waals surface area contributed by atoms with Gasteiger partial charge >= 0.3 is 7.60 Å². The fraction of sp³-hybridized carbons (Fsp3) is 0.154. The predicted octanol–water partition coefficient (Wildman–Crippen LogP) is 6.15. The van der Waals surface area contributed by atoms with Crippen LogP contribution in [0, 0.1) is 0 Å². The Labute approximate surface area is 192 Å². The minimum atomic E-state index is -3.56. The number of ether oxygens (including phenoxy) is 1. The molecule has 0 aliphatic carbocycles. The number of hydrogen-bond donors (Lipinski definition) is 0. The molecule has 6 nitrogen and oxygen atoms in total. The number of ketones is 1. The summed E-state index contributed by atoms with van der Waals surface area (Å²) in [7, 11) is -1.05. The molecule has 0 unspecified atom stereocenters. The van der Waals surface area contributed by atoms with Crippen molar-refractivity contribution in [3.63, 3.8) is 0 Å². The lowest BCUT2D eigenvalue weighted by Crippen LogP contribution is -2.13. The van der Waals surface area contributed by atoms with Crippen LogP contribution >= 0.6 is 7.60 Å². The number of carbonyl (C=O) groups excluding carboxylic acids is 1. The minimum Gasteiger partial charge on any atom is -0.486 e. The third-order valence-electron chi connectivity index (χ3n) is 5.28. The summed E-state index contributed by atoms with van der Waals surface area (Å²) in [6.45, 7) is 0.266. The first-order valence-corrected chi connectivity index (χ1v) is 12.1. The molecule has 7 heteroatoms. The van der Waals surface area contributed by atoms with E-state index in [2.05, 4.69) is 4.98 Å². The Bertz CT molecular complexity index is 1300. The molecule has 0 saturated carbocycles. The highest BCUT2D eigenvalue weighted by Crippen LogP contribution is 2.47. The maximum Gasteiger partial charge on any atom is 0.337 e. The standard InChI is InChI=1S/C26H24NO5P/c1-30-33(29,31-2)18-24(28)26-25(32-17-19-9-5-3-6-10-19)16-22-14-13-21(15-23(22)27-26)20-11-7-4-8-12-20/h3-16H,17-18H2,1-2H3. The second kappa shape index (κ2) is 10.1. The average molecular weight is 461 g/mol. The van der Waals surface area contributed by atoms with Crippen LogP contribution in [-0.4, -0.2) is 31.1 Å². The van der Waals surface area contributed by atoms with Crippen molar-refractivity contribution in [2.45, 2.75) is 6.61 Å². The first kappa shape index (κ1) is 22.9. The predicted molar refractivity (Wildman–Crippen MR) is 129 cm³/mol. The van der Waals surface area contributed by atoms with Crippen molar-refractivity contribution in [3.8, 4) is 16.9 Å². The van der Waals surface area contributed by atoms with E-state index in [-0.39, 0.29) is 12.3 Å². The summed E-state index contributed by atoms with van der Waals surface area (Å²) in [6.07, 6.45) is -0.432. The molecule has 0 radical (unpaired) electrons. The second-order valence-corrected chi connectivity index (χ2v) is 9.71. The third kappa shape index (κ3) is 5.37. The maximum atomic E-state index is 13.1. The second-order valence-electron chi connectivity index (χ2n) is 7.44. The van der Waals surface area contributed by atoms with Crippen LogP contribution in [0.4, 0.5) is 0 Å². The molecule has 0 aliphatic rings. The van der Waals surface area contributed by atoms with Crippen LogP contribution in [0.1, 0.15) is 16.1 Å². The van der Waals surface area contributed by atoms with Gasteiger partial charge in [-0.05, 0) is 28.8 Å². The molecule has 168 valence electrons. The van der Waals surface area contributed by atoms with Crippen LogP contribution in [0.2, 0.25) is 0 Å². The Kier molecular flexibility index (Phi) is 6.99. The van der Waals surface area contributed by atoms with Gasteiger partial charge in [0.15, 0.2) is 5.78 Å². The van der Waals surface area contributed by atoms with Crippen molar-refractivity contribution in [1.82, 2.24) is 4.98 Å². The van der Waals surface area contributed by atoms with E-state index in [0.29, 0.717) is 11.3 Å². The average Bonchev–Trinajstić information content (AvgIpc) is 2.87. The van der Waals surface area contributed by atoms with E-state index in [9.17, 15) is 9.36 Å². The molecule has 1 aromatic heterocycles. The summed E-state index contributed by atoms with van der Waals surface area (Å²) >= 11 is 0. The number of hydrogen-bond acceptors (Lipinski definition) is 6. The van der Waals surface area contributed by atoms with Crippen LogP contribution in [0.5, 0.6) is 5.75 Å². The van der Waals surface area contributed by atoms with Gasteiger partial charge in [-0.1, -0.05) is 72.8 Å². The first-order valence-electron chi connectivity index (χ1n) is 10.4. The van der Waals surface area contributed by atoms with E-state index < -0.39 is 19.5 Å². The van der Waals surface area contributed by atoms with E-state index >= 15 is 0 Å². The molecule has 0 amide bonds. The molecule has 33 heavy (non-hydrogen) atoms. The third-order valence-corrected chi connectivity index (χ3v) is 7.07. The van der Waals surface area contributed by atoms with Gasteiger partial charge in [-0.2, -0.15) is 0 Å². The van der Waals surface area contributed by atoms with Crippen LogP contribution in [0.15, 0.2) is 84.9 Å². The van der Waals surface area contributed by atoms with Crippen molar-refractivity contribution in [1.29, 1.82) is 0 Å². The molecule has 0 saturated heterocycles. The summed E-state index contributed by atoms with van der Waals surface area (Å²) < 4.78 is 28.5. The highest BCUT2D eigenvalue weighted by molar-refractivity contribution is 7.54. The molecule has 0 spiro atoms. The van der Waals surface area contributed by atoms with Crippen molar-refractivity contribution in [3.05, 3.63) is 96.2 Å². The van der Waals surface area contributed by atoms with Crippen LogP contribution in [0.3, 0.4) is 0 Å². The van der Waals surface area contributed by atoms with Gasteiger partial charge in [0.05, 0.1) is 5.52 Å². The van der Waals surface area contributed by atoms with Gasteiger partial charge in [0.2, 0.25) is 0 Å². The van der Waals surface area contributed by atoms with E-state index in [1.54, 1.807) is 6.07 Å². The molecule has 0 atom stereocenters. The fourth-order valence-electron chi connectivity index (χ4n) is 3.46. The largest absolute Gasteiger partial charge is 0.486 e. The minimum absolute atomic E-state index is 0.0953. The molecule has 0 N–H and O–H groups in total. The molecule has 0 fully saturated rings. The lowest BCUT2D eigenvalue weighted by Gasteiger charge is -2.15. The van der Waals surface area contributed by atoms with Gasteiger partial charge in [0.1, 0.15) is 24.2 Å². The van der Waals surface area contributed by atoms with Gasteiger partial charge in [-0.3, -0.25) is 9.36 Å². The summed E-state index contributed by atoms with van der Waals surface area (Å²) in [5.41, 5.74) is 3.71. The molecule has 4 aromatic rings. The number of carbonyl (C=O) groups is 1. The molecular weight excluding hydrogens is 437 g/mol. The Morgan fingerprint density at radius 1 is 0.848 bits per heavy atom. The van der Waals surface area contributed by atoms with E-state index in [1.165, 1.54) is 14.2 Å². The number of Topliss-reactive ketones (excluding diaryl/α,β-unsaturated/α-hetero) is 1. The molecule has 0 aliphatic heterocycles. The smallest absolute Gasteiger partial charge is 0.337 e. The molecule has 0 bridgehead atoms. The molecular formula is C26H24NO5P. The van der Waals surface area contributed by atoms with Crippen LogP contribution < -0.4 is 4.74 Å². The van der Waals surface area contributed by atoms with Crippen molar-refractivity contribution < 1.29 is 23.1 Å². The van der Waals surface area contributed by atoms with E-state index in [1.807, 2.05) is 78.9 Å². The van der Waals surface area contributed by atoms with E-state index in [4.69, 9.17) is 13.8 Å². The maximum absolute atomic E-state index is 13.1. The number of fused-ring (bicyclic) bond motifs is 1. The Morgan fingerprint density at radius 2 is 1.52 bits per heavy atom. The summed E-state index contributed by atoms with van der Waals surface area (Å²) in [5.74, 6) is -0.153. The zero-order valence-corrected chi connectivity index (χ0v) is 19.3. The normalized spacial score (nSPS) is 11.5. The highest BCUT2D eigenvalue weighted by Gasteiger charge is 2.29. The molecule has 3 aromatic carbocycles. The highest BCUT2D eigenvalue weighted by atomic mass is 31.2. The fourth-order valence-corrected chi connectivity index (χ4v) is 4.37. The Hall–Kier alpha value is -3.31. The van der Waals surface area contributed by atoms with Crippen molar-refractivity contribution >= 4 is 24.3 Å². The summed E-state index contributed by atoms with van der Waals surface area (Å²) in [5, 5.41) is 0.830. The Morgan fingerprint density at radius 3 is 2.18 bits per heavy atom. The lowest BCUT2D eigenvalue weighted by molar-refractivity contribution is 0.0999. The number of pyridine rings is 1. The topological polar surface area (TPSA) is 74.7 Å². The number of rotatable bonds is 9. The van der Waals surface area contributed by atoms with E-state index in [0.717, 1.165) is 22.1 Å². The van der Waals surface area contributed by atoms with Crippen LogP contribution in [0.25, 0.3) is 22.0 Å². The van der Waals surface area contributed by atoms with Gasteiger partial charge in [0.25, 0.3) is 0 Å². The van der Waals surface area contributed by atoms with Gasteiger partial charge < -0.3 is 13.8 Å². The lowest BCUT2D eigenvalue weighted by atomic mass is 10.0. The Balaban J connectivity index is 1.75. The van der Waals surface area contributed by atoms with Gasteiger partial charge in [0, 0.05) is 19.6 Å². The number of aromatic nitrogens is 1. The number of nitrogens with zero attached hydrogens (tertiary/aromatic N) is 1. The van der Waals surface area contributed by atoms with Gasteiger partial charge in [-0.25, -0.2) is 4.98 Å². The van der Waals surface area contributed by atoms with Crippen molar-refractivity contribution in [2.24, 2.45) is 0 Å². The van der Waals surface area contributed by atoms with Crippen LogP contribution in [-0.2, 0) is 20.2 Å². The summed E-state index contributed by atoms with van der Waals surface area (Å²) in [6, 6.07) is 27.2. The van der Waals surface area contributed by atoms with Crippen molar-refractivity contribution in [2.75, 3.05) is 20.4 Å². The molecule has 1 heterocycles. The SMILES string of the molecule is COP(=O)(CC(=O)c1nc2cc(-c3ccccc3)ccc2cc1OCc1ccccc1)OC. The zero-order valence-electron chi connectivity index (χ0n) is 18.4. The summed E-state index contributed by atoms with van der Waals surface area (Å²) in [4.78, 5) is 17.8. The molecule has 4 rings (SSSR count). The quantitative estimate of drug-likeness (QED) is 0.220. The number of benzene rings is 3. The van der Waals surface area contributed by atoms with Gasteiger partial charge in [-0.15, -0.1) is 0 Å². The zero-order chi connectivity index (χ0) is 23.3. The monoisotopic (exact) mass is 461 g/mol. The first-order chi connectivity index (χ1) is 16.0.